The minimum atomic E-state index is -1.50. The molecular formula is C41H67NO16. The lowest BCUT2D eigenvalue weighted by molar-refractivity contribution is -0.344. The Morgan fingerprint density at radius 1 is 0.931 bits per heavy atom. The van der Waals surface area contributed by atoms with Gasteiger partial charge in [-0.15, -0.1) is 0 Å². The van der Waals surface area contributed by atoms with Crippen LogP contribution in [-0.4, -0.2) is 163 Å². The third kappa shape index (κ3) is 12.5. The first-order chi connectivity index (χ1) is 27.3. The average molecular weight is 830 g/mol. The van der Waals surface area contributed by atoms with Gasteiger partial charge < -0.3 is 67.6 Å². The van der Waals surface area contributed by atoms with Crippen molar-refractivity contribution in [2.75, 3.05) is 21.2 Å². The van der Waals surface area contributed by atoms with Crippen LogP contribution in [0.25, 0.3) is 0 Å². The van der Waals surface area contributed by atoms with E-state index in [-0.39, 0.29) is 44.3 Å². The Kier molecular flexibility index (Phi) is 17.6. The third-order valence-electron chi connectivity index (χ3n) is 11.6. The SMILES string of the molecule is CCC(=O)OC1C=CC2OC2CC(C)OC(=O)CC(OC(=O)CC)C(OC)C(OC2OC(C)C(OC3CC(C)(O)C(O)C(C)O3)C(N(C)C)C2O)C(CC=O)CC1C. The first kappa shape index (κ1) is 48.1. The smallest absolute Gasteiger partial charge is 0.309 e. The minimum Gasteiger partial charge on any atom is -0.462 e. The quantitative estimate of drug-likeness (QED) is 0.0842. The number of aliphatic hydroxyl groups excluding tert-OH is 2. The van der Waals surface area contributed by atoms with Crippen LogP contribution in [0.15, 0.2) is 12.2 Å². The maximum atomic E-state index is 13.5. The molecule has 4 aliphatic rings. The summed E-state index contributed by atoms with van der Waals surface area (Å²) in [6.07, 6.45) is -8.06. The van der Waals surface area contributed by atoms with Crippen molar-refractivity contribution in [3.05, 3.63) is 12.2 Å². The predicted octanol–water partition coefficient (Wildman–Crippen LogP) is 1.98. The van der Waals surface area contributed by atoms with Gasteiger partial charge in [0, 0.05) is 39.2 Å². The summed E-state index contributed by atoms with van der Waals surface area (Å²) in [6.45, 7) is 11.8. The Hall–Kier alpha value is -2.58. The molecule has 0 spiro atoms. The Morgan fingerprint density at radius 3 is 2.21 bits per heavy atom. The van der Waals surface area contributed by atoms with E-state index in [9.17, 15) is 34.5 Å². The molecule has 4 heterocycles. The van der Waals surface area contributed by atoms with E-state index in [1.165, 1.54) is 14.0 Å². The van der Waals surface area contributed by atoms with E-state index in [0.717, 1.165) is 6.29 Å². The summed E-state index contributed by atoms with van der Waals surface area (Å²) in [6, 6.07) is -0.776. The Morgan fingerprint density at radius 2 is 1.60 bits per heavy atom. The van der Waals surface area contributed by atoms with E-state index in [1.807, 2.05) is 13.0 Å². The van der Waals surface area contributed by atoms with Crippen molar-refractivity contribution >= 4 is 24.2 Å². The van der Waals surface area contributed by atoms with E-state index in [1.54, 1.807) is 59.7 Å². The number of rotatable bonds is 12. The van der Waals surface area contributed by atoms with Crippen LogP contribution in [0.1, 0.15) is 93.4 Å². The van der Waals surface area contributed by atoms with Crippen molar-refractivity contribution in [1.29, 1.82) is 0 Å². The van der Waals surface area contributed by atoms with Crippen molar-refractivity contribution in [1.82, 2.24) is 4.90 Å². The molecule has 0 aliphatic carbocycles. The zero-order chi connectivity index (χ0) is 43.1. The predicted molar refractivity (Wildman–Crippen MR) is 205 cm³/mol. The standard InChI is InChI=1S/C41H67NO16/c1-11-30(44)55-26-13-14-27-28(54-27)18-22(4)51-32(46)19-29(56-31(45)12-2)38(50-10)37(25(15-16-43)17-21(26)3)58-40-35(47)34(42(8)9)36(23(5)53-40)57-33-20-41(7,49)39(48)24(6)52-33/h13-14,16,21-29,33-40,47-49H,11-12,15,17-20H2,1-10H3. The van der Waals surface area contributed by atoms with Crippen LogP contribution in [-0.2, 0) is 61.8 Å². The fourth-order valence-electron chi connectivity index (χ4n) is 8.30. The number of methoxy groups -OCH3 is 1. The number of epoxide rings is 1. The summed E-state index contributed by atoms with van der Waals surface area (Å²) in [4.78, 5) is 53.3. The molecule has 0 aromatic rings. The van der Waals surface area contributed by atoms with E-state index in [0.29, 0.717) is 6.42 Å². The summed E-state index contributed by atoms with van der Waals surface area (Å²) in [5, 5.41) is 33.4. The number of likely N-dealkylation sites (N-methyl/N-ethyl adjacent to an activating group) is 1. The summed E-state index contributed by atoms with van der Waals surface area (Å²) < 4.78 is 54.7. The Balaban J connectivity index is 1.74. The molecule has 0 amide bonds. The van der Waals surface area contributed by atoms with Gasteiger partial charge in [0.1, 0.15) is 55.1 Å². The number of nitrogens with zero attached hydrogens (tertiary/aromatic N) is 1. The second-order valence-electron chi connectivity index (χ2n) is 16.7. The average Bonchev–Trinajstić information content (AvgIpc) is 3.89. The van der Waals surface area contributed by atoms with Gasteiger partial charge in [-0.2, -0.15) is 0 Å². The summed E-state index contributed by atoms with van der Waals surface area (Å²) in [7, 11) is 4.86. The molecule has 58 heavy (non-hydrogen) atoms. The summed E-state index contributed by atoms with van der Waals surface area (Å²) in [5.41, 5.74) is -1.50. The topological polar surface area (TPSA) is 219 Å². The maximum Gasteiger partial charge on any atom is 0.309 e. The van der Waals surface area contributed by atoms with Gasteiger partial charge in [-0.25, -0.2) is 0 Å². The number of aldehydes is 1. The van der Waals surface area contributed by atoms with Crippen molar-refractivity contribution in [2.24, 2.45) is 11.8 Å². The normalized spacial score (nSPS) is 42.9. The molecule has 17 heteroatoms. The van der Waals surface area contributed by atoms with Gasteiger partial charge in [-0.3, -0.25) is 14.4 Å². The zero-order valence-corrected chi connectivity index (χ0v) is 35.6. The molecule has 0 aromatic heterocycles. The highest BCUT2D eigenvalue weighted by molar-refractivity contribution is 5.72. The van der Waals surface area contributed by atoms with Gasteiger partial charge in [0.2, 0.25) is 0 Å². The summed E-state index contributed by atoms with van der Waals surface area (Å²) in [5.74, 6) is -2.82. The Labute approximate surface area is 341 Å². The van der Waals surface area contributed by atoms with E-state index in [2.05, 4.69) is 0 Å². The molecule has 18 unspecified atom stereocenters. The molecule has 0 radical (unpaired) electrons. The van der Waals surface area contributed by atoms with Gasteiger partial charge in [0.25, 0.3) is 0 Å². The Bertz CT molecular complexity index is 1390. The van der Waals surface area contributed by atoms with E-state index < -0.39 is 121 Å². The second kappa shape index (κ2) is 21.3. The lowest BCUT2D eigenvalue weighted by atomic mass is 9.82. The fraction of sp³-hybridized carbons (Fsp3) is 0.854. The molecule has 17 nitrogen and oxygen atoms in total. The van der Waals surface area contributed by atoms with Crippen LogP contribution in [0.5, 0.6) is 0 Å². The first-order valence-corrected chi connectivity index (χ1v) is 20.6. The van der Waals surface area contributed by atoms with Crippen LogP contribution in [0.3, 0.4) is 0 Å². The van der Waals surface area contributed by atoms with Crippen LogP contribution < -0.4 is 0 Å². The highest BCUT2D eigenvalue weighted by Crippen LogP contribution is 2.38. The van der Waals surface area contributed by atoms with Crippen molar-refractivity contribution in [3.63, 3.8) is 0 Å². The molecule has 18 atom stereocenters. The van der Waals surface area contributed by atoms with Gasteiger partial charge >= 0.3 is 17.9 Å². The summed E-state index contributed by atoms with van der Waals surface area (Å²) >= 11 is 0. The zero-order valence-electron chi connectivity index (χ0n) is 35.6. The molecule has 4 rings (SSSR count). The van der Waals surface area contributed by atoms with E-state index >= 15 is 0 Å². The van der Waals surface area contributed by atoms with Gasteiger partial charge in [0.15, 0.2) is 12.6 Å². The number of cyclic esters (lactones) is 1. The lowest BCUT2D eigenvalue weighted by Gasteiger charge is -2.50. The third-order valence-corrected chi connectivity index (χ3v) is 11.6. The number of fused-ring (bicyclic) bond motifs is 1. The second-order valence-corrected chi connectivity index (χ2v) is 16.7. The van der Waals surface area contributed by atoms with Crippen LogP contribution in [0.2, 0.25) is 0 Å². The van der Waals surface area contributed by atoms with Crippen molar-refractivity contribution in [3.8, 4) is 0 Å². The number of ether oxygens (including phenoxy) is 9. The molecule has 0 saturated carbocycles. The van der Waals surface area contributed by atoms with Crippen molar-refractivity contribution < 1.29 is 77.1 Å². The number of esters is 3. The van der Waals surface area contributed by atoms with Gasteiger partial charge in [-0.05, 0) is 66.1 Å². The highest BCUT2D eigenvalue weighted by atomic mass is 16.7. The van der Waals surface area contributed by atoms with Crippen LogP contribution in [0, 0.1) is 11.8 Å². The fourth-order valence-corrected chi connectivity index (χ4v) is 8.30. The van der Waals surface area contributed by atoms with Crippen LogP contribution in [0.4, 0.5) is 0 Å². The van der Waals surface area contributed by atoms with Crippen LogP contribution >= 0.6 is 0 Å². The molecule has 3 fully saturated rings. The van der Waals surface area contributed by atoms with Crippen molar-refractivity contribution in [2.45, 2.75) is 191 Å². The number of aliphatic hydroxyl groups is 3. The number of carbonyl (C=O) groups excluding carboxylic acids is 4. The lowest BCUT2D eigenvalue weighted by Crippen LogP contribution is -2.65. The minimum absolute atomic E-state index is 0.0122. The highest BCUT2D eigenvalue weighted by Gasteiger charge is 2.52. The molecule has 0 aromatic carbocycles. The maximum absolute atomic E-state index is 13.5. The molecule has 4 aliphatic heterocycles. The van der Waals surface area contributed by atoms with E-state index in [4.69, 9.17) is 42.6 Å². The monoisotopic (exact) mass is 829 g/mol. The molecule has 332 valence electrons. The number of carbonyl (C=O) groups is 4. The molecular weight excluding hydrogens is 762 g/mol. The largest absolute Gasteiger partial charge is 0.462 e. The number of hydrogen-bond acceptors (Lipinski definition) is 17. The molecule has 3 saturated heterocycles. The number of hydrogen-bond donors (Lipinski definition) is 3. The van der Waals surface area contributed by atoms with Gasteiger partial charge in [0.05, 0.1) is 42.5 Å². The van der Waals surface area contributed by atoms with Gasteiger partial charge in [-0.1, -0.05) is 26.8 Å². The molecule has 3 N–H and O–H groups in total. The molecule has 0 bridgehead atoms. The first-order valence-electron chi connectivity index (χ1n) is 20.6.